The maximum Gasteiger partial charge on any atom is 0.433 e. The quantitative estimate of drug-likeness (QED) is 0.0560. The molecule has 0 unspecified atom stereocenters. The number of thiazole rings is 2. The van der Waals surface area contributed by atoms with Crippen LogP contribution in [0, 0.1) is 37.5 Å². The highest BCUT2D eigenvalue weighted by Gasteiger charge is 2.45. The van der Waals surface area contributed by atoms with Gasteiger partial charge in [0.05, 0.1) is 21.6 Å². The number of halogens is 8. The number of carbonyl (C=O) groups is 2. The predicted molar refractivity (Wildman–Crippen MR) is 251 cm³/mol. The summed E-state index contributed by atoms with van der Waals surface area (Å²) in [4.78, 5) is 47.0. The summed E-state index contributed by atoms with van der Waals surface area (Å²) in [7, 11) is 0. The number of hydrogen-bond acceptors (Lipinski definition) is 14. The number of aliphatic hydroxyl groups is 2. The zero-order valence-corrected chi connectivity index (χ0v) is 40.1. The average Bonchev–Trinajstić information content (AvgIpc) is 4.06. The van der Waals surface area contributed by atoms with Crippen LogP contribution in [-0.4, -0.2) is 75.6 Å². The summed E-state index contributed by atoms with van der Waals surface area (Å²) in [6.45, 7) is 1.52. The number of aliphatic carboxylic acids is 2. The summed E-state index contributed by atoms with van der Waals surface area (Å²) < 4.78 is 106. The van der Waals surface area contributed by atoms with Gasteiger partial charge in [-0.15, -0.1) is 22.7 Å². The van der Waals surface area contributed by atoms with E-state index in [1.165, 1.54) is 12.4 Å². The van der Waals surface area contributed by atoms with Crippen LogP contribution < -0.4 is 10.6 Å². The van der Waals surface area contributed by atoms with Gasteiger partial charge in [-0.05, 0) is 136 Å². The second kappa shape index (κ2) is 21.9. The first-order chi connectivity index (χ1) is 34.0. The van der Waals surface area contributed by atoms with Crippen molar-refractivity contribution >= 4 is 57.9 Å². The minimum absolute atomic E-state index is 0.205. The fraction of sp³-hybridized carbons (Fsp3) is 0.417. The molecule has 2 aromatic carbocycles. The highest BCUT2D eigenvalue weighted by molar-refractivity contribution is 7.15. The van der Waals surface area contributed by atoms with Crippen molar-refractivity contribution in [2.75, 3.05) is 24.0 Å². The number of anilines is 4. The molecule has 0 spiro atoms. The highest BCUT2D eigenvalue weighted by Crippen LogP contribution is 2.46. The lowest BCUT2D eigenvalue weighted by Crippen LogP contribution is -2.40. The van der Waals surface area contributed by atoms with Crippen LogP contribution in [0.4, 0.5) is 58.4 Å². The van der Waals surface area contributed by atoms with Gasteiger partial charge in [0.25, 0.3) is 0 Å². The molecule has 2 fully saturated rings. The SMILES string of the molecule is Cc1cc(Nc2nccc(C(F)(F)F)n2)cc(-c2cnc([C@@](O)(CF)C3CCC(C(=O)O)CC3)s2)c1.Cc1cc(Nc2nccc(C(F)(F)F)n2)cc(-c2cnc([C@](O)(CF)C3CCC(C(=O)O)CC3)s2)c1. The molecular formula is C48H48F8N8O6S2. The van der Waals surface area contributed by atoms with Crippen LogP contribution in [-0.2, 0) is 33.1 Å². The third-order valence-electron chi connectivity index (χ3n) is 12.8. The van der Waals surface area contributed by atoms with Crippen LogP contribution in [0.1, 0.15) is 83.9 Å². The minimum Gasteiger partial charge on any atom is -0.481 e. The van der Waals surface area contributed by atoms with Crippen molar-refractivity contribution in [3.63, 3.8) is 0 Å². The standard InChI is InChI=1S/2C24H24F4N4O3S/c2*1-13-8-15(10-17(9-13)31-22-29-7-6-19(32-22)24(26,27)28)18-11-30-21(36-18)23(35,12-25)16-4-2-14(3-5-16)20(33)34/h2*6-11,14,16,35H,2-5,12H2,1H3,(H,33,34)(H,29,31,32)/t2*14?,16?,23-/m10/s1. The molecule has 0 radical (unpaired) electrons. The third-order valence-corrected chi connectivity index (χ3v) is 15.2. The van der Waals surface area contributed by atoms with Crippen LogP contribution in [0.15, 0.2) is 73.3 Å². The van der Waals surface area contributed by atoms with Gasteiger partial charge in [-0.1, -0.05) is 12.1 Å². The lowest BCUT2D eigenvalue weighted by molar-refractivity contribution is -0.145. The van der Waals surface area contributed by atoms with E-state index in [0.717, 1.165) is 58.3 Å². The molecule has 4 heterocycles. The van der Waals surface area contributed by atoms with Crippen molar-refractivity contribution in [3.05, 3.63) is 106 Å². The van der Waals surface area contributed by atoms with E-state index in [1.54, 1.807) is 24.3 Å². The maximum atomic E-state index is 14.2. The first-order valence-corrected chi connectivity index (χ1v) is 24.2. The average molecular weight is 1050 g/mol. The van der Waals surface area contributed by atoms with Crippen molar-refractivity contribution in [1.29, 1.82) is 0 Å². The number of nitrogens with zero attached hydrogens (tertiary/aromatic N) is 6. The zero-order chi connectivity index (χ0) is 52.2. The van der Waals surface area contributed by atoms with Crippen molar-refractivity contribution in [1.82, 2.24) is 29.9 Å². The molecule has 2 aliphatic rings. The second-order valence-electron chi connectivity index (χ2n) is 17.9. The van der Waals surface area contributed by atoms with Crippen LogP contribution in [0.25, 0.3) is 20.9 Å². The largest absolute Gasteiger partial charge is 0.481 e. The van der Waals surface area contributed by atoms with Gasteiger partial charge in [0.1, 0.15) is 46.0 Å². The lowest BCUT2D eigenvalue weighted by Gasteiger charge is -2.36. The van der Waals surface area contributed by atoms with E-state index < -0.39 is 83.9 Å². The molecule has 384 valence electrons. The number of aryl methyl sites for hydroxylation is 2. The molecule has 6 N–H and O–H groups in total. The molecule has 2 saturated carbocycles. The monoisotopic (exact) mass is 1050 g/mol. The fourth-order valence-corrected chi connectivity index (χ4v) is 11.0. The van der Waals surface area contributed by atoms with Gasteiger partial charge >= 0.3 is 24.3 Å². The van der Waals surface area contributed by atoms with Crippen molar-refractivity contribution in [3.8, 4) is 20.9 Å². The first-order valence-electron chi connectivity index (χ1n) is 22.5. The molecule has 4 aromatic heterocycles. The van der Waals surface area contributed by atoms with Gasteiger partial charge in [0.15, 0.2) is 0 Å². The van der Waals surface area contributed by atoms with Gasteiger partial charge in [-0.25, -0.2) is 38.7 Å². The summed E-state index contributed by atoms with van der Waals surface area (Å²) in [5, 5.41) is 46.8. The summed E-state index contributed by atoms with van der Waals surface area (Å²) in [5.41, 5.74) is -1.93. The summed E-state index contributed by atoms with van der Waals surface area (Å²) in [5.74, 6) is -4.08. The lowest BCUT2D eigenvalue weighted by atomic mass is 9.74. The Labute approximate surface area is 414 Å². The Morgan fingerprint density at radius 1 is 0.583 bits per heavy atom. The Morgan fingerprint density at radius 2 is 0.944 bits per heavy atom. The van der Waals surface area contributed by atoms with Gasteiger partial charge in [0.2, 0.25) is 11.9 Å². The summed E-state index contributed by atoms with van der Waals surface area (Å²) in [6.07, 6.45) is -1.16. The number of hydrogen-bond donors (Lipinski definition) is 6. The van der Waals surface area contributed by atoms with E-state index in [1.807, 2.05) is 26.0 Å². The Morgan fingerprint density at radius 3 is 1.26 bits per heavy atom. The Kier molecular flexibility index (Phi) is 16.3. The summed E-state index contributed by atoms with van der Waals surface area (Å²) >= 11 is 2.25. The van der Waals surface area contributed by atoms with Crippen molar-refractivity contribution in [2.24, 2.45) is 23.7 Å². The smallest absolute Gasteiger partial charge is 0.433 e. The molecule has 0 amide bonds. The molecule has 2 atom stereocenters. The number of nitrogens with one attached hydrogen (secondary N) is 2. The minimum atomic E-state index is -4.60. The summed E-state index contributed by atoms with van der Waals surface area (Å²) in [6, 6.07) is 12.0. The van der Waals surface area contributed by atoms with Crippen LogP contribution in [0.2, 0.25) is 0 Å². The molecule has 14 nitrogen and oxygen atoms in total. The van der Waals surface area contributed by atoms with Crippen LogP contribution >= 0.6 is 22.7 Å². The van der Waals surface area contributed by atoms with Gasteiger partial charge in [0, 0.05) is 36.2 Å². The Bertz CT molecular complexity index is 2680. The maximum absolute atomic E-state index is 14.2. The number of rotatable bonds is 14. The van der Waals surface area contributed by atoms with E-state index >= 15 is 0 Å². The molecule has 8 rings (SSSR count). The van der Waals surface area contributed by atoms with E-state index in [-0.39, 0.29) is 21.9 Å². The molecule has 0 saturated heterocycles. The molecule has 0 aliphatic heterocycles. The van der Waals surface area contributed by atoms with Gasteiger partial charge < -0.3 is 31.1 Å². The number of carboxylic acid groups (broad SMARTS) is 2. The highest BCUT2D eigenvalue weighted by atomic mass is 32.1. The molecule has 2 aliphatic carbocycles. The number of carboxylic acids is 2. The molecule has 6 aromatic rings. The molecule has 24 heteroatoms. The predicted octanol–water partition coefficient (Wildman–Crippen LogP) is 11.4. The van der Waals surface area contributed by atoms with E-state index in [0.29, 0.717) is 83.6 Å². The topological polar surface area (TPSA) is 216 Å². The number of benzene rings is 2. The fourth-order valence-electron chi connectivity index (χ4n) is 8.94. The van der Waals surface area contributed by atoms with E-state index in [4.69, 9.17) is 0 Å². The van der Waals surface area contributed by atoms with Gasteiger partial charge in [-0.2, -0.15) is 26.3 Å². The first kappa shape index (κ1) is 53.6. The third kappa shape index (κ3) is 12.5. The second-order valence-corrected chi connectivity index (χ2v) is 20.0. The number of aromatic nitrogens is 6. The molecule has 0 bridgehead atoms. The molecule has 72 heavy (non-hydrogen) atoms. The van der Waals surface area contributed by atoms with Gasteiger partial charge in [-0.3, -0.25) is 9.59 Å². The number of alkyl halides is 8. The normalized spacial score (nSPS) is 20.1. The Hall–Kier alpha value is -6.24. The van der Waals surface area contributed by atoms with E-state index in [9.17, 15) is 65.1 Å². The van der Waals surface area contributed by atoms with Crippen molar-refractivity contribution < 1.29 is 65.1 Å². The Balaban J connectivity index is 0.000000211. The zero-order valence-electron chi connectivity index (χ0n) is 38.4. The van der Waals surface area contributed by atoms with E-state index in [2.05, 4.69) is 40.5 Å². The molecular weight excluding hydrogens is 1000 g/mol. The van der Waals surface area contributed by atoms with Crippen LogP contribution in [0.3, 0.4) is 0 Å². The van der Waals surface area contributed by atoms with Crippen LogP contribution in [0.5, 0.6) is 0 Å². The van der Waals surface area contributed by atoms with Crippen molar-refractivity contribution in [2.45, 2.75) is 88.8 Å².